The minimum atomic E-state index is -0.146. The summed E-state index contributed by atoms with van der Waals surface area (Å²) in [5, 5.41) is 7.90. The van der Waals surface area contributed by atoms with Gasteiger partial charge in [-0.05, 0) is 19.4 Å². The Labute approximate surface area is 101 Å². The van der Waals surface area contributed by atoms with Crippen molar-refractivity contribution in [2.24, 2.45) is 7.05 Å². The molecule has 17 heavy (non-hydrogen) atoms. The molecule has 6 nitrogen and oxygen atoms in total. The molecule has 0 aliphatic carbocycles. The van der Waals surface area contributed by atoms with Crippen molar-refractivity contribution in [1.82, 2.24) is 19.7 Å². The molecule has 1 atom stereocenters. The molecule has 6 heteroatoms. The molecule has 0 amide bonds. The lowest BCUT2D eigenvalue weighted by atomic mass is 10.0. The van der Waals surface area contributed by atoms with Crippen molar-refractivity contribution in [2.45, 2.75) is 31.8 Å². The van der Waals surface area contributed by atoms with Crippen LogP contribution in [0.3, 0.4) is 0 Å². The average Bonchev–Trinajstić information content (AvgIpc) is 2.75. The third kappa shape index (κ3) is 2.63. The Morgan fingerprint density at radius 2 is 2.41 bits per heavy atom. The second-order valence-corrected chi connectivity index (χ2v) is 4.36. The second kappa shape index (κ2) is 5.27. The number of carbonyl (C=O) groups excluding carboxylic acids is 1. The van der Waals surface area contributed by atoms with E-state index in [1.165, 1.54) is 7.11 Å². The Morgan fingerprint density at radius 1 is 1.59 bits per heavy atom. The van der Waals surface area contributed by atoms with Crippen molar-refractivity contribution in [3.63, 3.8) is 0 Å². The molecule has 2 rings (SSSR count). The topological polar surface area (TPSA) is 60.2 Å². The normalized spacial score (nSPS) is 21.4. The zero-order valence-corrected chi connectivity index (χ0v) is 10.3. The first kappa shape index (κ1) is 12.0. The Bertz CT molecular complexity index is 391. The van der Waals surface area contributed by atoms with Crippen molar-refractivity contribution in [1.29, 1.82) is 0 Å². The fourth-order valence-corrected chi connectivity index (χ4v) is 2.22. The molecular weight excluding hydrogens is 220 g/mol. The number of rotatable bonds is 3. The number of nitrogens with zero attached hydrogens (tertiary/aromatic N) is 4. The molecule has 1 aliphatic heterocycles. The molecular formula is C11H18N4O2. The summed E-state index contributed by atoms with van der Waals surface area (Å²) in [5.41, 5.74) is 0. The number of hydrogen-bond acceptors (Lipinski definition) is 5. The zero-order valence-electron chi connectivity index (χ0n) is 10.3. The van der Waals surface area contributed by atoms with Crippen molar-refractivity contribution < 1.29 is 9.53 Å². The van der Waals surface area contributed by atoms with Gasteiger partial charge < -0.3 is 9.30 Å². The standard InChI is InChI=1S/C11H18N4O2/c1-14-8-12-13-10(14)7-15-6-4-3-5-9(15)11(16)17-2/h8-9H,3-7H2,1-2H3/t9-/m1/s1. The number of aromatic nitrogens is 3. The van der Waals surface area contributed by atoms with E-state index in [9.17, 15) is 4.79 Å². The van der Waals surface area contributed by atoms with E-state index in [-0.39, 0.29) is 12.0 Å². The largest absolute Gasteiger partial charge is 0.468 e. The van der Waals surface area contributed by atoms with Gasteiger partial charge in [0, 0.05) is 7.05 Å². The van der Waals surface area contributed by atoms with Crippen LogP contribution in [0.2, 0.25) is 0 Å². The number of esters is 1. The highest BCUT2D eigenvalue weighted by atomic mass is 16.5. The quantitative estimate of drug-likeness (QED) is 0.711. The number of carbonyl (C=O) groups is 1. The van der Waals surface area contributed by atoms with Crippen molar-refractivity contribution >= 4 is 5.97 Å². The van der Waals surface area contributed by atoms with Crippen LogP contribution in [0.15, 0.2) is 6.33 Å². The van der Waals surface area contributed by atoms with Gasteiger partial charge in [0.25, 0.3) is 0 Å². The summed E-state index contributed by atoms with van der Waals surface area (Å²) < 4.78 is 6.72. The minimum absolute atomic E-state index is 0.134. The molecule has 1 fully saturated rings. The van der Waals surface area contributed by atoms with Crippen molar-refractivity contribution in [2.75, 3.05) is 13.7 Å². The van der Waals surface area contributed by atoms with E-state index < -0.39 is 0 Å². The van der Waals surface area contributed by atoms with Crippen molar-refractivity contribution in [3.05, 3.63) is 12.2 Å². The summed E-state index contributed by atoms with van der Waals surface area (Å²) in [6.45, 7) is 1.56. The van der Waals surface area contributed by atoms with Crippen LogP contribution in [0.1, 0.15) is 25.1 Å². The minimum Gasteiger partial charge on any atom is -0.468 e. The van der Waals surface area contributed by atoms with Gasteiger partial charge in [-0.3, -0.25) is 9.69 Å². The van der Waals surface area contributed by atoms with Gasteiger partial charge in [-0.1, -0.05) is 6.42 Å². The lowest BCUT2D eigenvalue weighted by Gasteiger charge is -2.33. The SMILES string of the molecule is COC(=O)[C@H]1CCCCN1Cc1nncn1C. The van der Waals surface area contributed by atoms with Gasteiger partial charge in [-0.25, -0.2) is 0 Å². The molecule has 2 heterocycles. The van der Waals surface area contributed by atoms with Crippen LogP contribution >= 0.6 is 0 Å². The molecule has 0 N–H and O–H groups in total. The smallest absolute Gasteiger partial charge is 0.323 e. The first-order valence-corrected chi connectivity index (χ1v) is 5.87. The third-order valence-electron chi connectivity index (χ3n) is 3.24. The van der Waals surface area contributed by atoms with E-state index in [1.807, 2.05) is 11.6 Å². The van der Waals surface area contributed by atoms with Crippen LogP contribution < -0.4 is 0 Å². The van der Waals surface area contributed by atoms with E-state index in [0.29, 0.717) is 6.54 Å². The lowest BCUT2D eigenvalue weighted by molar-refractivity contribution is -0.148. The zero-order chi connectivity index (χ0) is 12.3. The van der Waals surface area contributed by atoms with Gasteiger partial charge in [-0.2, -0.15) is 0 Å². The van der Waals surface area contributed by atoms with E-state index in [4.69, 9.17) is 4.74 Å². The number of hydrogen-bond donors (Lipinski definition) is 0. The molecule has 1 aliphatic rings. The van der Waals surface area contributed by atoms with Gasteiger partial charge in [0.1, 0.15) is 18.2 Å². The number of ether oxygens (including phenoxy) is 1. The number of aryl methyl sites for hydroxylation is 1. The number of methoxy groups -OCH3 is 1. The molecule has 0 saturated carbocycles. The summed E-state index contributed by atoms with van der Waals surface area (Å²) in [7, 11) is 3.35. The fraction of sp³-hybridized carbons (Fsp3) is 0.727. The summed E-state index contributed by atoms with van der Waals surface area (Å²) in [6, 6.07) is -0.134. The fourth-order valence-electron chi connectivity index (χ4n) is 2.22. The second-order valence-electron chi connectivity index (χ2n) is 4.36. The van der Waals surface area contributed by atoms with Crippen LogP contribution in [-0.4, -0.2) is 45.3 Å². The number of piperidine rings is 1. The summed E-state index contributed by atoms with van der Waals surface area (Å²) in [6.07, 6.45) is 4.73. The number of likely N-dealkylation sites (tertiary alicyclic amines) is 1. The van der Waals surface area contributed by atoms with E-state index in [2.05, 4.69) is 15.1 Å². The average molecular weight is 238 g/mol. The molecule has 94 valence electrons. The van der Waals surface area contributed by atoms with E-state index >= 15 is 0 Å². The predicted molar refractivity (Wildman–Crippen MR) is 61.1 cm³/mol. The molecule has 0 unspecified atom stereocenters. The monoisotopic (exact) mass is 238 g/mol. The molecule has 0 radical (unpaired) electrons. The summed E-state index contributed by atoms with van der Waals surface area (Å²) in [4.78, 5) is 13.8. The summed E-state index contributed by atoms with van der Waals surface area (Å²) in [5.74, 6) is 0.729. The Hall–Kier alpha value is -1.43. The Morgan fingerprint density at radius 3 is 3.06 bits per heavy atom. The van der Waals surface area contributed by atoms with Crippen LogP contribution in [0.5, 0.6) is 0 Å². The lowest BCUT2D eigenvalue weighted by Crippen LogP contribution is -2.45. The highest BCUT2D eigenvalue weighted by Crippen LogP contribution is 2.19. The van der Waals surface area contributed by atoms with Gasteiger partial charge in [0.05, 0.1) is 13.7 Å². The molecule has 0 spiro atoms. The van der Waals surface area contributed by atoms with Gasteiger partial charge in [0.2, 0.25) is 0 Å². The van der Waals surface area contributed by atoms with E-state index in [0.717, 1.165) is 31.6 Å². The molecule has 0 aromatic carbocycles. The molecule has 0 bridgehead atoms. The summed E-state index contributed by atoms with van der Waals surface area (Å²) >= 11 is 0. The highest BCUT2D eigenvalue weighted by molar-refractivity contribution is 5.75. The maximum Gasteiger partial charge on any atom is 0.323 e. The maximum absolute atomic E-state index is 11.7. The van der Waals surface area contributed by atoms with Crippen LogP contribution in [0.25, 0.3) is 0 Å². The Balaban J connectivity index is 2.06. The Kier molecular flexibility index (Phi) is 3.73. The van der Waals surface area contributed by atoms with Crippen LogP contribution in [-0.2, 0) is 23.1 Å². The maximum atomic E-state index is 11.7. The van der Waals surface area contributed by atoms with E-state index in [1.54, 1.807) is 6.33 Å². The first-order valence-electron chi connectivity index (χ1n) is 5.87. The highest BCUT2D eigenvalue weighted by Gasteiger charge is 2.30. The van der Waals surface area contributed by atoms with Gasteiger partial charge >= 0.3 is 5.97 Å². The van der Waals surface area contributed by atoms with Crippen molar-refractivity contribution in [3.8, 4) is 0 Å². The third-order valence-corrected chi connectivity index (χ3v) is 3.24. The molecule has 1 aromatic heterocycles. The van der Waals surface area contributed by atoms with Crippen LogP contribution in [0.4, 0.5) is 0 Å². The van der Waals surface area contributed by atoms with Gasteiger partial charge in [0.15, 0.2) is 0 Å². The van der Waals surface area contributed by atoms with Gasteiger partial charge in [-0.15, -0.1) is 10.2 Å². The first-order chi connectivity index (χ1) is 8.22. The molecule has 1 aromatic rings. The predicted octanol–water partition coefficient (Wildman–Crippen LogP) is 0.343. The van der Waals surface area contributed by atoms with Crippen LogP contribution in [0, 0.1) is 0 Å². The molecule has 1 saturated heterocycles.